The Morgan fingerprint density at radius 2 is 1.90 bits per heavy atom. The molecule has 6 nitrogen and oxygen atoms in total. The van der Waals surface area contributed by atoms with Crippen LogP contribution in [0.1, 0.15) is 45.1 Å². The van der Waals surface area contributed by atoms with Gasteiger partial charge in [0.1, 0.15) is 0 Å². The highest BCUT2D eigenvalue weighted by Crippen LogP contribution is 2.40. The standard InChI is InChI=1S/C22H22N4O2S/c1-13-12-17(14(2)26(13)16-9-7-15(8-10-16)21(27)28)20-19(24-22(29)25(20)3)18-6-4-5-11-23-18/h4-12,19-20H,1-3H3,(H,24,29)(H,27,28). The number of hydrogen-bond donors (Lipinski definition) is 2. The number of carboxylic acid groups (broad SMARTS) is 1. The molecule has 2 aromatic heterocycles. The molecule has 0 saturated carbocycles. The van der Waals surface area contributed by atoms with Crippen molar-refractivity contribution in [2.45, 2.75) is 25.9 Å². The van der Waals surface area contributed by atoms with Gasteiger partial charge in [-0.1, -0.05) is 6.07 Å². The van der Waals surface area contributed by atoms with Crippen LogP contribution in [0.15, 0.2) is 54.7 Å². The molecule has 1 aliphatic rings. The lowest BCUT2D eigenvalue weighted by Gasteiger charge is -2.24. The van der Waals surface area contributed by atoms with Crippen LogP contribution in [0.3, 0.4) is 0 Å². The van der Waals surface area contributed by atoms with Gasteiger partial charge in [-0.3, -0.25) is 4.98 Å². The van der Waals surface area contributed by atoms with Crippen molar-refractivity contribution >= 4 is 23.3 Å². The van der Waals surface area contributed by atoms with Gasteiger partial charge in [-0.2, -0.15) is 0 Å². The van der Waals surface area contributed by atoms with Gasteiger partial charge in [0, 0.05) is 30.3 Å². The van der Waals surface area contributed by atoms with Gasteiger partial charge in [-0.05, 0) is 74.1 Å². The maximum atomic E-state index is 11.2. The van der Waals surface area contributed by atoms with Gasteiger partial charge in [-0.15, -0.1) is 0 Å². The molecule has 1 aliphatic heterocycles. The van der Waals surface area contributed by atoms with E-state index < -0.39 is 5.97 Å². The molecule has 3 aromatic rings. The van der Waals surface area contributed by atoms with Crippen LogP contribution in [0.25, 0.3) is 5.69 Å². The zero-order valence-electron chi connectivity index (χ0n) is 16.5. The van der Waals surface area contributed by atoms with Crippen molar-refractivity contribution in [3.8, 4) is 5.69 Å². The number of aryl methyl sites for hydroxylation is 1. The highest BCUT2D eigenvalue weighted by Gasteiger charge is 2.39. The fraction of sp³-hybridized carbons (Fsp3) is 0.227. The number of nitrogens with one attached hydrogen (secondary N) is 1. The molecule has 0 amide bonds. The summed E-state index contributed by atoms with van der Waals surface area (Å²) in [7, 11) is 2.00. The van der Waals surface area contributed by atoms with E-state index in [1.165, 1.54) is 0 Å². The lowest BCUT2D eigenvalue weighted by molar-refractivity contribution is 0.0697. The number of likely N-dealkylation sites (N-methyl/N-ethyl adjacent to an activating group) is 1. The molecule has 7 heteroatoms. The molecule has 0 bridgehead atoms. The maximum absolute atomic E-state index is 11.2. The number of hydrogen-bond acceptors (Lipinski definition) is 3. The number of pyridine rings is 1. The van der Waals surface area contributed by atoms with Crippen LogP contribution in [-0.2, 0) is 0 Å². The van der Waals surface area contributed by atoms with E-state index in [2.05, 4.69) is 39.7 Å². The molecule has 1 fully saturated rings. The van der Waals surface area contributed by atoms with Crippen LogP contribution in [0.4, 0.5) is 0 Å². The lowest BCUT2D eigenvalue weighted by Crippen LogP contribution is -2.25. The van der Waals surface area contributed by atoms with Crippen molar-refractivity contribution in [2.75, 3.05) is 7.05 Å². The van der Waals surface area contributed by atoms with Crippen LogP contribution in [0.5, 0.6) is 0 Å². The molecule has 2 atom stereocenters. The van der Waals surface area contributed by atoms with Gasteiger partial charge in [0.2, 0.25) is 0 Å². The fourth-order valence-electron chi connectivity index (χ4n) is 4.08. The van der Waals surface area contributed by atoms with Crippen LogP contribution >= 0.6 is 12.2 Å². The summed E-state index contributed by atoms with van der Waals surface area (Å²) in [5.41, 5.74) is 5.48. The van der Waals surface area contributed by atoms with E-state index >= 15 is 0 Å². The Morgan fingerprint density at radius 1 is 1.17 bits per heavy atom. The Hall–Kier alpha value is -3.19. The summed E-state index contributed by atoms with van der Waals surface area (Å²) >= 11 is 5.54. The third-order valence-corrected chi connectivity index (χ3v) is 5.91. The van der Waals surface area contributed by atoms with Crippen molar-refractivity contribution in [1.29, 1.82) is 0 Å². The predicted molar refractivity (Wildman–Crippen MR) is 115 cm³/mol. The van der Waals surface area contributed by atoms with Crippen LogP contribution in [-0.4, -0.2) is 37.7 Å². The number of carboxylic acids is 1. The topological polar surface area (TPSA) is 70.4 Å². The van der Waals surface area contributed by atoms with E-state index in [4.69, 9.17) is 17.3 Å². The summed E-state index contributed by atoms with van der Waals surface area (Å²) in [4.78, 5) is 17.8. The van der Waals surface area contributed by atoms with Gasteiger partial charge in [0.05, 0.1) is 23.3 Å². The number of benzene rings is 1. The number of aromatic nitrogens is 2. The third kappa shape index (κ3) is 3.27. The van der Waals surface area contributed by atoms with E-state index in [1.807, 2.05) is 37.4 Å². The molecular formula is C22H22N4O2S. The number of carbonyl (C=O) groups is 1. The predicted octanol–water partition coefficient (Wildman–Crippen LogP) is 3.79. The largest absolute Gasteiger partial charge is 0.478 e. The summed E-state index contributed by atoms with van der Waals surface area (Å²) in [6.07, 6.45) is 1.79. The molecule has 4 rings (SSSR count). The Morgan fingerprint density at radius 3 is 2.52 bits per heavy atom. The minimum Gasteiger partial charge on any atom is -0.478 e. The average Bonchev–Trinajstić information content (AvgIpc) is 3.17. The van der Waals surface area contributed by atoms with E-state index in [0.717, 1.165) is 28.3 Å². The number of aromatic carboxylic acids is 1. The zero-order chi connectivity index (χ0) is 20.7. The number of rotatable bonds is 4. The van der Waals surface area contributed by atoms with Crippen LogP contribution < -0.4 is 5.32 Å². The van der Waals surface area contributed by atoms with E-state index in [0.29, 0.717) is 5.11 Å². The molecule has 2 N–H and O–H groups in total. The minimum atomic E-state index is -0.927. The minimum absolute atomic E-state index is 0.00985. The molecular weight excluding hydrogens is 384 g/mol. The summed E-state index contributed by atoms with van der Waals surface area (Å²) in [5.74, 6) is -0.927. The maximum Gasteiger partial charge on any atom is 0.335 e. The first-order valence-electron chi connectivity index (χ1n) is 9.35. The Labute approximate surface area is 174 Å². The molecule has 0 aliphatic carbocycles. The van der Waals surface area contributed by atoms with Gasteiger partial charge < -0.3 is 19.9 Å². The fourth-order valence-corrected chi connectivity index (χ4v) is 4.33. The first-order chi connectivity index (χ1) is 13.9. The smallest absolute Gasteiger partial charge is 0.335 e. The molecule has 3 heterocycles. The monoisotopic (exact) mass is 406 g/mol. The van der Waals surface area contributed by atoms with E-state index in [9.17, 15) is 4.79 Å². The number of nitrogens with zero attached hydrogens (tertiary/aromatic N) is 3. The second-order valence-electron chi connectivity index (χ2n) is 7.25. The van der Waals surface area contributed by atoms with Crippen molar-refractivity contribution < 1.29 is 9.90 Å². The van der Waals surface area contributed by atoms with Crippen molar-refractivity contribution in [1.82, 2.24) is 19.8 Å². The molecule has 29 heavy (non-hydrogen) atoms. The van der Waals surface area contributed by atoms with Crippen LogP contribution in [0.2, 0.25) is 0 Å². The normalized spacial score (nSPS) is 18.7. The summed E-state index contributed by atoms with van der Waals surface area (Å²) in [6, 6.07) is 15.0. The Balaban J connectivity index is 1.78. The number of thiocarbonyl (C=S) groups is 1. The second-order valence-corrected chi connectivity index (χ2v) is 7.64. The van der Waals surface area contributed by atoms with Gasteiger partial charge >= 0.3 is 5.97 Å². The second kappa shape index (κ2) is 7.33. The summed E-state index contributed by atoms with van der Waals surface area (Å²) < 4.78 is 2.14. The lowest BCUT2D eigenvalue weighted by atomic mass is 9.97. The van der Waals surface area contributed by atoms with E-state index in [1.54, 1.807) is 18.3 Å². The molecule has 1 aromatic carbocycles. The molecule has 0 spiro atoms. The van der Waals surface area contributed by atoms with Crippen LogP contribution in [0, 0.1) is 13.8 Å². The Bertz CT molecular complexity index is 1080. The highest BCUT2D eigenvalue weighted by molar-refractivity contribution is 7.80. The van der Waals surface area contributed by atoms with Crippen molar-refractivity contribution in [3.63, 3.8) is 0 Å². The van der Waals surface area contributed by atoms with Crippen molar-refractivity contribution in [3.05, 3.63) is 82.9 Å². The first-order valence-corrected chi connectivity index (χ1v) is 9.76. The average molecular weight is 407 g/mol. The van der Waals surface area contributed by atoms with Gasteiger partial charge in [0.25, 0.3) is 0 Å². The Kier molecular flexibility index (Phi) is 4.84. The molecule has 1 saturated heterocycles. The highest BCUT2D eigenvalue weighted by atomic mass is 32.1. The third-order valence-electron chi connectivity index (χ3n) is 5.50. The van der Waals surface area contributed by atoms with Gasteiger partial charge in [0.15, 0.2) is 5.11 Å². The molecule has 148 valence electrons. The first kappa shape index (κ1) is 19.1. The summed E-state index contributed by atoms with van der Waals surface area (Å²) in [6.45, 7) is 4.14. The van der Waals surface area contributed by atoms with Gasteiger partial charge in [-0.25, -0.2) is 4.79 Å². The summed E-state index contributed by atoms with van der Waals surface area (Å²) in [5, 5.41) is 13.3. The molecule has 2 unspecified atom stereocenters. The molecule has 0 radical (unpaired) electrons. The zero-order valence-corrected chi connectivity index (χ0v) is 17.3. The van der Waals surface area contributed by atoms with E-state index in [-0.39, 0.29) is 17.6 Å². The SMILES string of the molecule is Cc1cc(C2C(c3ccccn3)NC(=S)N2C)c(C)n1-c1ccc(C(=O)O)cc1. The van der Waals surface area contributed by atoms with Crippen molar-refractivity contribution in [2.24, 2.45) is 0 Å². The quantitative estimate of drug-likeness (QED) is 0.643.